The van der Waals surface area contributed by atoms with Gasteiger partial charge in [0.2, 0.25) is 5.91 Å². The Balaban J connectivity index is 0.00000176. The lowest BCUT2D eigenvalue weighted by Gasteiger charge is -2.09. The summed E-state index contributed by atoms with van der Waals surface area (Å²) in [6.07, 6.45) is 1.82. The topological polar surface area (TPSA) is 68.0 Å². The van der Waals surface area contributed by atoms with E-state index in [9.17, 15) is 4.79 Å². The Kier molecular flexibility index (Phi) is 5.56. The van der Waals surface area contributed by atoms with Crippen LogP contribution in [0.15, 0.2) is 29.8 Å². The maximum Gasteiger partial charge on any atom is 0.234 e. The van der Waals surface area contributed by atoms with Crippen molar-refractivity contribution in [3.63, 3.8) is 0 Å². The number of nitrogens with zero attached hydrogens (tertiary/aromatic N) is 1. The summed E-state index contributed by atoms with van der Waals surface area (Å²) in [5, 5.41) is 3.19. The Morgan fingerprint density at radius 1 is 1.41 bits per heavy atom. The van der Waals surface area contributed by atoms with Gasteiger partial charge in [0.05, 0.1) is 22.1 Å². The van der Waals surface area contributed by atoms with Crippen molar-refractivity contribution in [1.29, 1.82) is 0 Å². The number of carbonyl (C=O) groups excluding carboxylic acids is 1. The molecule has 0 radical (unpaired) electrons. The van der Waals surface area contributed by atoms with Crippen molar-refractivity contribution in [1.82, 2.24) is 10.3 Å². The smallest absolute Gasteiger partial charge is 0.234 e. The van der Waals surface area contributed by atoms with E-state index in [-0.39, 0.29) is 24.4 Å². The minimum absolute atomic E-state index is 0. The molecular formula is C16H20ClN3OS. The number of aromatic nitrogens is 1. The highest BCUT2D eigenvalue weighted by Gasteiger charge is 2.27. The van der Waals surface area contributed by atoms with Crippen LogP contribution in [0.1, 0.15) is 17.7 Å². The highest BCUT2D eigenvalue weighted by molar-refractivity contribution is 7.13. The quantitative estimate of drug-likeness (QED) is 0.901. The van der Waals surface area contributed by atoms with Gasteiger partial charge in [-0.2, -0.15) is 0 Å². The first-order valence-corrected chi connectivity index (χ1v) is 8.03. The van der Waals surface area contributed by atoms with Gasteiger partial charge in [-0.3, -0.25) is 4.79 Å². The number of rotatable bonds is 4. The molecule has 0 spiro atoms. The molecule has 22 heavy (non-hydrogen) atoms. The van der Waals surface area contributed by atoms with Crippen LogP contribution in [0.3, 0.4) is 0 Å². The minimum Gasteiger partial charge on any atom is -0.368 e. The van der Waals surface area contributed by atoms with Crippen LogP contribution in [-0.4, -0.2) is 23.5 Å². The third kappa shape index (κ3) is 3.66. The number of halogens is 1. The normalized spacial score (nSPS) is 20.6. The SMILES string of the molecule is Cc1ncsc1-c1ccc(CC2CNC(C(N)=O)C2)cc1.Cl. The zero-order valence-electron chi connectivity index (χ0n) is 12.4. The third-order valence-electron chi connectivity index (χ3n) is 4.05. The zero-order chi connectivity index (χ0) is 14.8. The van der Waals surface area contributed by atoms with Crippen molar-refractivity contribution < 1.29 is 4.79 Å². The zero-order valence-corrected chi connectivity index (χ0v) is 14.0. The number of nitrogens with two attached hydrogens (primary N) is 1. The first kappa shape index (κ1) is 16.9. The first-order chi connectivity index (χ1) is 10.1. The molecule has 0 bridgehead atoms. The van der Waals surface area contributed by atoms with Gasteiger partial charge in [-0.15, -0.1) is 23.7 Å². The van der Waals surface area contributed by atoms with Gasteiger partial charge in [0.1, 0.15) is 0 Å². The average molecular weight is 338 g/mol. The van der Waals surface area contributed by atoms with E-state index in [0.29, 0.717) is 5.92 Å². The van der Waals surface area contributed by atoms with Gasteiger partial charge in [0.15, 0.2) is 0 Å². The van der Waals surface area contributed by atoms with Crippen LogP contribution in [0.5, 0.6) is 0 Å². The number of nitrogens with one attached hydrogen (secondary N) is 1. The van der Waals surface area contributed by atoms with Crippen LogP contribution in [0.4, 0.5) is 0 Å². The fourth-order valence-corrected chi connectivity index (χ4v) is 3.70. The predicted molar refractivity (Wildman–Crippen MR) is 92.3 cm³/mol. The second-order valence-electron chi connectivity index (χ2n) is 5.63. The van der Waals surface area contributed by atoms with Crippen molar-refractivity contribution >= 4 is 29.7 Å². The van der Waals surface area contributed by atoms with E-state index in [1.54, 1.807) is 11.3 Å². The summed E-state index contributed by atoms with van der Waals surface area (Å²) >= 11 is 1.67. The summed E-state index contributed by atoms with van der Waals surface area (Å²) in [5.74, 6) is 0.243. The number of aryl methyl sites for hydroxylation is 1. The largest absolute Gasteiger partial charge is 0.368 e. The molecular weight excluding hydrogens is 318 g/mol. The van der Waals surface area contributed by atoms with Crippen molar-refractivity contribution in [2.75, 3.05) is 6.54 Å². The molecule has 4 nitrogen and oxygen atoms in total. The van der Waals surface area contributed by atoms with Crippen LogP contribution in [0.25, 0.3) is 10.4 Å². The van der Waals surface area contributed by atoms with Crippen molar-refractivity contribution in [3.8, 4) is 10.4 Å². The molecule has 1 amide bonds. The van der Waals surface area contributed by atoms with Crippen LogP contribution in [0, 0.1) is 12.8 Å². The standard InChI is InChI=1S/C16H19N3OS.ClH/c1-10-15(21-9-19-10)13-4-2-11(3-5-13)6-12-7-14(16(17)20)18-8-12;/h2-5,9,12,14,18H,6-8H2,1H3,(H2,17,20);1H. The van der Waals surface area contributed by atoms with E-state index in [4.69, 9.17) is 5.73 Å². The molecule has 6 heteroatoms. The van der Waals surface area contributed by atoms with Crippen molar-refractivity contribution in [2.45, 2.75) is 25.8 Å². The number of hydrogen-bond donors (Lipinski definition) is 2. The number of thiazole rings is 1. The molecule has 3 rings (SSSR count). The lowest BCUT2D eigenvalue weighted by atomic mass is 9.96. The maximum absolute atomic E-state index is 11.2. The molecule has 2 atom stereocenters. The Bertz CT molecular complexity index is 641. The van der Waals surface area contributed by atoms with E-state index >= 15 is 0 Å². The molecule has 1 fully saturated rings. The van der Waals surface area contributed by atoms with E-state index in [0.717, 1.165) is 25.1 Å². The number of benzene rings is 1. The molecule has 0 saturated carbocycles. The lowest BCUT2D eigenvalue weighted by Crippen LogP contribution is -2.36. The average Bonchev–Trinajstić information content (AvgIpc) is 3.09. The Hall–Kier alpha value is -1.43. The van der Waals surface area contributed by atoms with Gasteiger partial charge >= 0.3 is 0 Å². The summed E-state index contributed by atoms with van der Waals surface area (Å²) < 4.78 is 0. The van der Waals surface area contributed by atoms with Crippen LogP contribution < -0.4 is 11.1 Å². The van der Waals surface area contributed by atoms with E-state index in [2.05, 4.69) is 34.6 Å². The Morgan fingerprint density at radius 3 is 2.68 bits per heavy atom. The fraction of sp³-hybridized carbons (Fsp3) is 0.375. The van der Waals surface area contributed by atoms with Crippen LogP contribution in [0.2, 0.25) is 0 Å². The van der Waals surface area contributed by atoms with Gasteiger partial charge in [-0.05, 0) is 43.4 Å². The van der Waals surface area contributed by atoms with Gasteiger partial charge in [-0.1, -0.05) is 24.3 Å². The summed E-state index contributed by atoms with van der Waals surface area (Å²) in [5.41, 5.74) is 10.8. The van der Waals surface area contributed by atoms with Gasteiger partial charge in [0, 0.05) is 0 Å². The second-order valence-corrected chi connectivity index (χ2v) is 6.49. The fourth-order valence-electron chi connectivity index (χ4n) is 2.89. The monoisotopic (exact) mass is 337 g/mol. The molecule has 118 valence electrons. The van der Waals surface area contributed by atoms with Crippen molar-refractivity contribution in [3.05, 3.63) is 41.0 Å². The second kappa shape index (κ2) is 7.22. The molecule has 2 heterocycles. The molecule has 1 saturated heterocycles. The molecule has 3 N–H and O–H groups in total. The van der Waals surface area contributed by atoms with E-state index < -0.39 is 0 Å². The van der Waals surface area contributed by atoms with Gasteiger partial charge in [0.25, 0.3) is 0 Å². The predicted octanol–water partition coefficient (Wildman–Crippen LogP) is 2.55. The lowest BCUT2D eigenvalue weighted by molar-refractivity contribution is -0.119. The molecule has 1 aliphatic heterocycles. The highest BCUT2D eigenvalue weighted by atomic mass is 35.5. The van der Waals surface area contributed by atoms with Crippen LogP contribution >= 0.6 is 23.7 Å². The maximum atomic E-state index is 11.2. The van der Waals surface area contributed by atoms with Gasteiger partial charge in [-0.25, -0.2) is 4.98 Å². The molecule has 1 aromatic heterocycles. The first-order valence-electron chi connectivity index (χ1n) is 7.15. The molecule has 1 aromatic carbocycles. The number of hydrogen-bond acceptors (Lipinski definition) is 4. The number of amides is 1. The highest BCUT2D eigenvalue weighted by Crippen LogP contribution is 2.28. The summed E-state index contributed by atoms with van der Waals surface area (Å²) in [4.78, 5) is 16.7. The van der Waals surface area contributed by atoms with E-state index in [1.165, 1.54) is 16.0 Å². The minimum atomic E-state index is -0.242. The van der Waals surface area contributed by atoms with Gasteiger partial charge < -0.3 is 11.1 Å². The molecule has 2 aromatic rings. The third-order valence-corrected chi connectivity index (χ3v) is 5.03. The summed E-state index contributed by atoms with van der Waals surface area (Å²) in [6.45, 7) is 2.90. The summed E-state index contributed by atoms with van der Waals surface area (Å²) in [6, 6.07) is 8.50. The number of carbonyl (C=O) groups is 1. The summed E-state index contributed by atoms with van der Waals surface area (Å²) in [7, 11) is 0. The molecule has 0 aliphatic carbocycles. The van der Waals surface area contributed by atoms with Crippen molar-refractivity contribution in [2.24, 2.45) is 11.7 Å². The molecule has 1 aliphatic rings. The van der Waals surface area contributed by atoms with Crippen LogP contribution in [-0.2, 0) is 11.2 Å². The Morgan fingerprint density at radius 2 is 2.14 bits per heavy atom. The van der Waals surface area contributed by atoms with E-state index in [1.807, 2.05) is 12.4 Å². The number of primary amides is 1. The molecule has 2 unspecified atom stereocenters. The Labute approximate surface area is 140 Å².